The molecule has 1 atom stereocenters. The molecule has 0 fully saturated rings. The SMILES string of the molecule is CCCCCNC(=O)C(C)Nc1cccc2ccccc12. The molecule has 3 nitrogen and oxygen atoms in total. The summed E-state index contributed by atoms with van der Waals surface area (Å²) in [4.78, 5) is 12.1. The Kier molecular flexibility index (Phi) is 5.61. The summed E-state index contributed by atoms with van der Waals surface area (Å²) in [5.74, 6) is 0.0547. The largest absolute Gasteiger partial charge is 0.373 e. The zero-order chi connectivity index (χ0) is 15.1. The maximum Gasteiger partial charge on any atom is 0.242 e. The number of hydrogen-bond donors (Lipinski definition) is 2. The van der Waals surface area contributed by atoms with E-state index in [-0.39, 0.29) is 11.9 Å². The Hall–Kier alpha value is -2.03. The Labute approximate surface area is 126 Å². The molecule has 0 saturated heterocycles. The van der Waals surface area contributed by atoms with E-state index >= 15 is 0 Å². The Bertz CT molecular complexity index is 589. The zero-order valence-electron chi connectivity index (χ0n) is 12.9. The molecule has 1 amide bonds. The van der Waals surface area contributed by atoms with Gasteiger partial charge in [0.2, 0.25) is 5.91 Å². The van der Waals surface area contributed by atoms with E-state index in [1.54, 1.807) is 0 Å². The number of amides is 1. The van der Waals surface area contributed by atoms with Crippen LogP contribution in [0.2, 0.25) is 0 Å². The molecular weight excluding hydrogens is 260 g/mol. The summed E-state index contributed by atoms with van der Waals surface area (Å²) >= 11 is 0. The smallest absolute Gasteiger partial charge is 0.242 e. The molecule has 0 aliphatic carbocycles. The first-order valence-electron chi connectivity index (χ1n) is 7.74. The van der Waals surface area contributed by atoms with Gasteiger partial charge in [0.1, 0.15) is 6.04 Å². The molecule has 0 saturated carbocycles. The van der Waals surface area contributed by atoms with E-state index in [9.17, 15) is 4.79 Å². The van der Waals surface area contributed by atoms with Gasteiger partial charge in [0.15, 0.2) is 0 Å². The summed E-state index contributed by atoms with van der Waals surface area (Å²) in [6.07, 6.45) is 3.37. The molecule has 0 aliphatic heterocycles. The van der Waals surface area contributed by atoms with E-state index < -0.39 is 0 Å². The number of nitrogens with one attached hydrogen (secondary N) is 2. The Morgan fingerprint density at radius 2 is 1.86 bits per heavy atom. The van der Waals surface area contributed by atoms with Crippen molar-refractivity contribution in [2.45, 2.75) is 39.2 Å². The molecule has 2 N–H and O–H groups in total. The van der Waals surface area contributed by atoms with Crippen LogP contribution >= 0.6 is 0 Å². The quantitative estimate of drug-likeness (QED) is 0.756. The van der Waals surface area contributed by atoms with E-state index in [1.165, 1.54) is 11.8 Å². The van der Waals surface area contributed by atoms with Crippen molar-refractivity contribution < 1.29 is 4.79 Å². The Morgan fingerprint density at radius 3 is 2.67 bits per heavy atom. The van der Waals surface area contributed by atoms with Crippen LogP contribution in [0.15, 0.2) is 42.5 Å². The molecule has 2 aromatic rings. The molecule has 0 aliphatic rings. The van der Waals surface area contributed by atoms with Gasteiger partial charge in [-0.2, -0.15) is 0 Å². The lowest BCUT2D eigenvalue weighted by molar-refractivity contribution is -0.121. The maximum absolute atomic E-state index is 12.1. The van der Waals surface area contributed by atoms with Crippen molar-refractivity contribution in [3.63, 3.8) is 0 Å². The highest BCUT2D eigenvalue weighted by molar-refractivity contribution is 5.95. The van der Waals surface area contributed by atoms with Gasteiger partial charge in [-0.3, -0.25) is 4.79 Å². The average Bonchev–Trinajstić information content (AvgIpc) is 2.51. The monoisotopic (exact) mass is 284 g/mol. The number of anilines is 1. The van der Waals surface area contributed by atoms with Crippen molar-refractivity contribution >= 4 is 22.4 Å². The molecule has 0 bridgehead atoms. The first kappa shape index (κ1) is 15.4. The highest BCUT2D eigenvalue weighted by Gasteiger charge is 2.12. The molecule has 0 heterocycles. The third-order valence-corrected chi connectivity index (χ3v) is 3.63. The number of hydrogen-bond acceptors (Lipinski definition) is 2. The van der Waals surface area contributed by atoms with Gasteiger partial charge in [-0.05, 0) is 24.8 Å². The minimum absolute atomic E-state index is 0.0547. The normalized spacial score (nSPS) is 12.1. The van der Waals surface area contributed by atoms with E-state index in [1.807, 2.05) is 31.2 Å². The highest BCUT2D eigenvalue weighted by Crippen LogP contribution is 2.23. The summed E-state index contributed by atoms with van der Waals surface area (Å²) in [5, 5.41) is 8.62. The van der Waals surface area contributed by atoms with E-state index in [0.717, 1.165) is 30.5 Å². The van der Waals surface area contributed by atoms with Crippen molar-refractivity contribution in [3.8, 4) is 0 Å². The number of benzene rings is 2. The van der Waals surface area contributed by atoms with Crippen molar-refractivity contribution in [2.75, 3.05) is 11.9 Å². The van der Waals surface area contributed by atoms with Gasteiger partial charge in [-0.15, -0.1) is 0 Å². The van der Waals surface area contributed by atoms with Gasteiger partial charge in [0, 0.05) is 17.6 Å². The second-order valence-corrected chi connectivity index (χ2v) is 5.39. The van der Waals surface area contributed by atoms with Crippen LogP contribution in [0.1, 0.15) is 33.1 Å². The van der Waals surface area contributed by atoms with Gasteiger partial charge >= 0.3 is 0 Å². The van der Waals surface area contributed by atoms with Crippen LogP contribution in [-0.4, -0.2) is 18.5 Å². The lowest BCUT2D eigenvalue weighted by Gasteiger charge is -2.16. The molecule has 21 heavy (non-hydrogen) atoms. The third-order valence-electron chi connectivity index (χ3n) is 3.63. The standard InChI is InChI=1S/C18H24N2O/c1-3-4-7-13-19-18(21)14(2)20-17-12-8-10-15-9-5-6-11-16(15)17/h5-6,8-12,14,20H,3-4,7,13H2,1-2H3,(H,19,21). The first-order valence-corrected chi connectivity index (χ1v) is 7.74. The van der Waals surface area contributed by atoms with E-state index in [4.69, 9.17) is 0 Å². The van der Waals surface area contributed by atoms with Crippen molar-refractivity contribution in [2.24, 2.45) is 0 Å². The van der Waals surface area contributed by atoms with Crippen molar-refractivity contribution in [1.29, 1.82) is 0 Å². The number of carbonyl (C=O) groups is 1. The second-order valence-electron chi connectivity index (χ2n) is 5.39. The topological polar surface area (TPSA) is 41.1 Å². The fourth-order valence-corrected chi connectivity index (χ4v) is 2.39. The number of fused-ring (bicyclic) bond motifs is 1. The van der Waals surface area contributed by atoms with Gasteiger partial charge in [-0.1, -0.05) is 56.2 Å². The summed E-state index contributed by atoms with van der Waals surface area (Å²) in [6.45, 7) is 4.82. The summed E-state index contributed by atoms with van der Waals surface area (Å²) in [6, 6.07) is 14.1. The lowest BCUT2D eigenvalue weighted by Crippen LogP contribution is -2.38. The first-order chi connectivity index (χ1) is 10.2. The van der Waals surface area contributed by atoms with Gasteiger partial charge in [-0.25, -0.2) is 0 Å². The number of rotatable bonds is 7. The Balaban J connectivity index is 1.98. The van der Waals surface area contributed by atoms with Crippen molar-refractivity contribution in [3.05, 3.63) is 42.5 Å². The lowest BCUT2D eigenvalue weighted by atomic mass is 10.1. The summed E-state index contributed by atoms with van der Waals surface area (Å²) in [7, 11) is 0. The molecule has 2 aromatic carbocycles. The molecule has 0 spiro atoms. The van der Waals surface area contributed by atoms with Crippen LogP contribution in [0, 0.1) is 0 Å². The molecule has 0 aromatic heterocycles. The van der Waals surface area contributed by atoms with Crippen molar-refractivity contribution in [1.82, 2.24) is 5.32 Å². The van der Waals surface area contributed by atoms with Gasteiger partial charge in [0.05, 0.1) is 0 Å². The number of unbranched alkanes of at least 4 members (excludes halogenated alkanes) is 2. The molecular formula is C18H24N2O. The molecule has 3 heteroatoms. The fourth-order valence-electron chi connectivity index (χ4n) is 2.39. The summed E-state index contributed by atoms with van der Waals surface area (Å²) < 4.78 is 0. The maximum atomic E-state index is 12.1. The number of carbonyl (C=O) groups excluding carboxylic acids is 1. The predicted octanol–water partition coefficient (Wildman–Crippen LogP) is 3.95. The average molecular weight is 284 g/mol. The predicted molar refractivity (Wildman–Crippen MR) is 89.6 cm³/mol. The van der Waals surface area contributed by atoms with Crippen LogP contribution in [0.5, 0.6) is 0 Å². The Morgan fingerprint density at radius 1 is 1.10 bits per heavy atom. The molecule has 112 valence electrons. The summed E-state index contributed by atoms with van der Waals surface area (Å²) in [5.41, 5.74) is 1.00. The van der Waals surface area contributed by atoms with Crippen LogP contribution < -0.4 is 10.6 Å². The van der Waals surface area contributed by atoms with Gasteiger partial charge in [0.25, 0.3) is 0 Å². The minimum atomic E-state index is -0.238. The van der Waals surface area contributed by atoms with Crippen LogP contribution in [-0.2, 0) is 4.79 Å². The van der Waals surface area contributed by atoms with E-state index in [2.05, 4.69) is 35.8 Å². The zero-order valence-corrected chi connectivity index (χ0v) is 12.9. The molecule has 0 radical (unpaired) electrons. The highest BCUT2D eigenvalue weighted by atomic mass is 16.2. The molecule has 2 rings (SSSR count). The van der Waals surface area contributed by atoms with Crippen LogP contribution in [0.4, 0.5) is 5.69 Å². The van der Waals surface area contributed by atoms with E-state index in [0.29, 0.717) is 0 Å². The second kappa shape index (κ2) is 7.67. The fraction of sp³-hybridized carbons (Fsp3) is 0.389. The molecule has 1 unspecified atom stereocenters. The van der Waals surface area contributed by atoms with Crippen LogP contribution in [0.3, 0.4) is 0 Å². The van der Waals surface area contributed by atoms with Gasteiger partial charge < -0.3 is 10.6 Å². The van der Waals surface area contributed by atoms with Crippen LogP contribution in [0.25, 0.3) is 10.8 Å². The minimum Gasteiger partial charge on any atom is -0.373 e. The third kappa shape index (κ3) is 4.22.